The molecule has 5 nitrogen and oxygen atoms in total. The van der Waals surface area contributed by atoms with Crippen molar-refractivity contribution in [3.63, 3.8) is 0 Å². The Bertz CT molecular complexity index is 864. The molecule has 0 heterocycles. The van der Waals surface area contributed by atoms with E-state index in [0.717, 1.165) is 41.0 Å². The van der Waals surface area contributed by atoms with Crippen LogP contribution in [0.2, 0.25) is 0 Å². The summed E-state index contributed by atoms with van der Waals surface area (Å²) in [6, 6.07) is 10.7. The van der Waals surface area contributed by atoms with Crippen LogP contribution in [0.4, 0.5) is 0 Å². The molecule has 1 saturated carbocycles. The van der Waals surface area contributed by atoms with Crippen LogP contribution in [0.15, 0.2) is 41.3 Å². The van der Waals surface area contributed by atoms with Gasteiger partial charge in [0.25, 0.3) is 0 Å². The van der Waals surface area contributed by atoms with Gasteiger partial charge in [-0.05, 0) is 73.6 Å². The van der Waals surface area contributed by atoms with E-state index in [1.165, 1.54) is 0 Å². The van der Waals surface area contributed by atoms with Gasteiger partial charge in [0.1, 0.15) is 11.5 Å². The van der Waals surface area contributed by atoms with Gasteiger partial charge in [-0.15, -0.1) is 0 Å². The van der Waals surface area contributed by atoms with Gasteiger partial charge in [-0.1, -0.05) is 12.1 Å². The molecule has 3 rings (SSSR count). The van der Waals surface area contributed by atoms with Crippen LogP contribution in [-0.2, 0) is 10.0 Å². The minimum atomic E-state index is -3.64. The summed E-state index contributed by atoms with van der Waals surface area (Å²) in [7, 11) is -0.428. The van der Waals surface area contributed by atoms with Crippen molar-refractivity contribution in [1.29, 1.82) is 0 Å². The van der Waals surface area contributed by atoms with E-state index in [4.69, 9.17) is 9.47 Å². The predicted molar refractivity (Wildman–Crippen MR) is 101 cm³/mol. The van der Waals surface area contributed by atoms with Crippen molar-refractivity contribution in [3.8, 4) is 11.5 Å². The smallest absolute Gasteiger partial charge is 0.241 e. The Balaban J connectivity index is 1.91. The molecule has 0 bridgehead atoms. The molecule has 1 fully saturated rings. The number of hydrogen-bond acceptors (Lipinski definition) is 4. The number of benzene rings is 2. The lowest BCUT2D eigenvalue weighted by atomic mass is 10.0. The summed E-state index contributed by atoms with van der Waals surface area (Å²) in [4.78, 5) is 0.271. The maximum absolute atomic E-state index is 13.0. The van der Waals surface area contributed by atoms with E-state index in [1.807, 2.05) is 38.1 Å². The summed E-state index contributed by atoms with van der Waals surface area (Å²) in [5.41, 5.74) is 2.57. The quantitative estimate of drug-likeness (QED) is 0.800. The normalized spacial score (nSPS) is 15.5. The average molecular weight is 375 g/mol. The summed E-state index contributed by atoms with van der Waals surface area (Å²) < 4.78 is 39.4. The number of methoxy groups -OCH3 is 2. The Kier molecular flexibility index (Phi) is 5.25. The Labute approximate surface area is 155 Å². The maximum atomic E-state index is 13.0. The first-order chi connectivity index (χ1) is 12.4. The fourth-order valence-electron chi connectivity index (χ4n) is 3.30. The number of rotatable bonds is 7. The molecule has 2 aromatic rings. The molecule has 0 aromatic heterocycles. The van der Waals surface area contributed by atoms with Gasteiger partial charge < -0.3 is 9.47 Å². The largest absolute Gasteiger partial charge is 0.497 e. The van der Waals surface area contributed by atoms with Crippen LogP contribution in [0.5, 0.6) is 11.5 Å². The lowest BCUT2D eigenvalue weighted by Crippen LogP contribution is -2.30. The highest BCUT2D eigenvalue weighted by Gasteiger charge is 2.35. The SMILES string of the molecule is COc1ccc(C(NS(=O)(=O)c2cc(C)c(OC)c(C)c2)C2CC2)cc1. The van der Waals surface area contributed by atoms with Crippen molar-refractivity contribution in [2.24, 2.45) is 5.92 Å². The zero-order valence-electron chi connectivity index (χ0n) is 15.6. The van der Waals surface area contributed by atoms with Crippen LogP contribution in [-0.4, -0.2) is 22.6 Å². The highest BCUT2D eigenvalue weighted by atomic mass is 32.2. The van der Waals surface area contributed by atoms with E-state index in [1.54, 1.807) is 26.4 Å². The van der Waals surface area contributed by atoms with Crippen LogP contribution in [0.1, 0.15) is 35.6 Å². The van der Waals surface area contributed by atoms with E-state index in [0.29, 0.717) is 5.92 Å². The molecule has 26 heavy (non-hydrogen) atoms. The minimum absolute atomic E-state index is 0.228. The molecule has 0 spiro atoms. The number of aryl methyl sites for hydroxylation is 2. The Morgan fingerprint density at radius 2 is 1.58 bits per heavy atom. The third-order valence-electron chi connectivity index (χ3n) is 4.80. The first kappa shape index (κ1) is 18.7. The first-order valence-electron chi connectivity index (χ1n) is 8.67. The molecule has 0 amide bonds. The molecule has 0 aliphatic heterocycles. The maximum Gasteiger partial charge on any atom is 0.241 e. The second-order valence-electron chi connectivity index (χ2n) is 6.80. The van der Waals surface area contributed by atoms with Crippen LogP contribution in [0.25, 0.3) is 0 Å². The Morgan fingerprint density at radius 1 is 1.00 bits per heavy atom. The van der Waals surface area contributed by atoms with Gasteiger partial charge in [-0.3, -0.25) is 0 Å². The van der Waals surface area contributed by atoms with Gasteiger partial charge in [-0.2, -0.15) is 0 Å². The second-order valence-corrected chi connectivity index (χ2v) is 8.51. The topological polar surface area (TPSA) is 64.6 Å². The van der Waals surface area contributed by atoms with Crippen LogP contribution in [0.3, 0.4) is 0 Å². The lowest BCUT2D eigenvalue weighted by molar-refractivity contribution is 0.408. The van der Waals surface area contributed by atoms with Gasteiger partial charge in [0.15, 0.2) is 0 Å². The van der Waals surface area contributed by atoms with E-state index < -0.39 is 10.0 Å². The molecule has 1 aliphatic rings. The van der Waals surface area contributed by atoms with E-state index in [2.05, 4.69) is 4.72 Å². The summed E-state index contributed by atoms with van der Waals surface area (Å²) in [6.07, 6.45) is 2.06. The molecule has 0 saturated heterocycles. The van der Waals surface area contributed by atoms with E-state index in [-0.39, 0.29) is 10.9 Å². The van der Waals surface area contributed by atoms with Gasteiger partial charge in [0.05, 0.1) is 19.1 Å². The number of nitrogens with one attached hydrogen (secondary N) is 1. The molecule has 0 radical (unpaired) electrons. The lowest BCUT2D eigenvalue weighted by Gasteiger charge is -2.20. The molecular formula is C20H25NO4S. The van der Waals surface area contributed by atoms with Gasteiger partial charge in [0, 0.05) is 6.04 Å². The summed E-state index contributed by atoms with van der Waals surface area (Å²) >= 11 is 0. The average Bonchev–Trinajstić information content (AvgIpc) is 3.44. The Morgan fingerprint density at radius 3 is 2.04 bits per heavy atom. The first-order valence-corrected chi connectivity index (χ1v) is 10.2. The fourth-order valence-corrected chi connectivity index (χ4v) is 4.76. The zero-order valence-corrected chi connectivity index (χ0v) is 16.4. The third-order valence-corrected chi connectivity index (χ3v) is 6.22. The van der Waals surface area contributed by atoms with Gasteiger partial charge in [0.2, 0.25) is 10.0 Å². The predicted octanol–water partition coefficient (Wildman–Crippen LogP) is 3.75. The van der Waals surface area contributed by atoms with Crippen LogP contribution in [0, 0.1) is 19.8 Å². The fraction of sp³-hybridized carbons (Fsp3) is 0.400. The van der Waals surface area contributed by atoms with Crippen LogP contribution >= 0.6 is 0 Å². The molecule has 2 aromatic carbocycles. The van der Waals surface area contributed by atoms with Crippen molar-refractivity contribution in [3.05, 3.63) is 53.1 Å². The number of hydrogen-bond donors (Lipinski definition) is 1. The van der Waals surface area contributed by atoms with Crippen molar-refractivity contribution in [2.45, 2.75) is 37.6 Å². The molecule has 1 unspecified atom stereocenters. The third kappa shape index (κ3) is 3.86. The van der Waals surface area contributed by atoms with Crippen molar-refractivity contribution < 1.29 is 17.9 Å². The standard InChI is InChI=1S/C20H25NO4S/c1-13-11-18(12-14(2)20(13)25-4)26(22,23)21-19(15-5-6-15)16-7-9-17(24-3)10-8-16/h7-12,15,19,21H,5-6H2,1-4H3. The number of sulfonamides is 1. The van der Waals surface area contributed by atoms with Crippen molar-refractivity contribution >= 4 is 10.0 Å². The van der Waals surface area contributed by atoms with Gasteiger partial charge >= 0.3 is 0 Å². The summed E-state index contributed by atoms with van der Waals surface area (Å²) in [5.74, 6) is 1.81. The van der Waals surface area contributed by atoms with Crippen molar-refractivity contribution in [2.75, 3.05) is 14.2 Å². The molecular weight excluding hydrogens is 350 g/mol. The molecule has 1 N–H and O–H groups in total. The van der Waals surface area contributed by atoms with E-state index >= 15 is 0 Å². The number of ether oxygens (including phenoxy) is 2. The monoisotopic (exact) mass is 375 g/mol. The van der Waals surface area contributed by atoms with Crippen LogP contribution < -0.4 is 14.2 Å². The van der Waals surface area contributed by atoms with E-state index in [9.17, 15) is 8.42 Å². The molecule has 6 heteroatoms. The highest BCUT2D eigenvalue weighted by Crippen LogP contribution is 2.42. The summed E-state index contributed by atoms with van der Waals surface area (Å²) in [5, 5.41) is 0. The molecule has 1 atom stereocenters. The molecule has 140 valence electrons. The Hall–Kier alpha value is -2.05. The second kappa shape index (κ2) is 7.29. The molecule has 1 aliphatic carbocycles. The van der Waals surface area contributed by atoms with Gasteiger partial charge in [-0.25, -0.2) is 13.1 Å². The highest BCUT2D eigenvalue weighted by molar-refractivity contribution is 7.89. The van der Waals surface area contributed by atoms with Crippen molar-refractivity contribution in [1.82, 2.24) is 4.72 Å². The minimum Gasteiger partial charge on any atom is -0.497 e. The summed E-state index contributed by atoms with van der Waals surface area (Å²) in [6.45, 7) is 3.71. The zero-order chi connectivity index (χ0) is 18.9.